The van der Waals surface area contributed by atoms with Crippen LogP contribution in [-0.4, -0.2) is 29.8 Å². The summed E-state index contributed by atoms with van der Waals surface area (Å²) in [5.41, 5.74) is 14.2. The largest absolute Gasteiger partial charge is 0.352 e. The summed E-state index contributed by atoms with van der Waals surface area (Å²) in [6, 6.07) is -2.10. The van der Waals surface area contributed by atoms with Crippen LogP contribution in [0.25, 0.3) is 0 Å². The number of carbonyl (C=O) groups excluding carboxylic acids is 3. The van der Waals surface area contributed by atoms with Crippen molar-refractivity contribution >= 4 is 35.4 Å². The van der Waals surface area contributed by atoms with Crippen LogP contribution in [-0.2, 0) is 0 Å². The second kappa shape index (κ2) is 19.2. The maximum absolute atomic E-state index is 10.4. The summed E-state index contributed by atoms with van der Waals surface area (Å²) in [7, 11) is 0. The van der Waals surface area contributed by atoms with E-state index in [4.69, 9.17) is 5.73 Å². The third-order valence-electron chi connectivity index (χ3n) is 3.30. The molecule has 10 heteroatoms. The summed E-state index contributed by atoms with van der Waals surface area (Å²) in [5.74, 6) is 0. The van der Waals surface area contributed by atoms with Crippen molar-refractivity contribution in [2.75, 3.05) is 6.54 Å². The quantitative estimate of drug-likeness (QED) is 0.235. The fourth-order valence-corrected chi connectivity index (χ4v) is 2.28. The molecule has 0 spiro atoms. The zero-order valence-electron chi connectivity index (χ0n) is 15.6. The summed E-state index contributed by atoms with van der Waals surface area (Å²) in [6.07, 6.45) is 13.2. The monoisotopic (exact) mass is 390 g/mol. The molecule has 0 aromatic carbocycles. The van der Waals surface area contributed by atoms with Crippen LogP contribution >= 0.6 is 12.2 Å². The van der Waals surface area contributed by atoms with Gasteiger partial charge in [0.25, 0.3) is 0 Å². The van der Waals surface area contributed by atoms with Crippen molar-refractivity contribution in [2.45, 2.75) is 71.1 Å². The van der Waals surface area contributed by atoms with Gasteiger partial charge in [-0.15, -0.1) is 0 Å². The lowest BCUT2D eigenvalue weighted by atomic mass is 10.1. The third-order valence-corrected chi connectivity index (χ3v) is 3.51. The van der Waals surface area contributed by atoms with Gasteiger partial charge in [-0.3, -0.25) is 10.6 Å². The molecule has 0 aromatic heterocycles. The van der Waals surface area contributed by atoms with Crippen LogP contribution < -0.4 is 33.2 Å². The van der Waals surface area contributed by atoms with Gasteiger partial charge in [0.1, 0.15) is 0 Å². The van der Waals surface area contributed by atoms with Crippen LogP contribution in [0.1, 0.15) is 71.1 Å². The lowest BCUT2D eigenvalue weighted by Crippen LogP contribution is -2.46. The van der Waals surface area contributed by atoms with Gasteiger partial charge in [-0.25, -0.2) is 14.4 Å². The first-order valence-corrected chi connectivity index (χ1v) is 9.40. The molecular weight excluding hydrogens is 356 g/mol. The van der Waals surface area contributed by atoms with E-state index in [-0.39, 0.29) is 5.11 Å². The SMILES string of the molecule is CCCCCCCCCCCCNC(N)=O.NC(=O)NC(=S)NC(N)=O. The third kappa shape index (κ3) is 26.8. The Morgan fingerprint density at radius 1 is 0.692 bits per heavy atom. The van der Waals surface area contributed by atoms with Crippen molar-refractivity contribution in [3.63, 3.8) is 0 Å². The number of nitrogens with two attached hydrogens (primary N) is 3. The summed E-state index contributed by atoms with van der Waals surface area (Å²) in [4.78, 5) is 30.4. The fraction of sp³-hybridized carbons (Fsp3) is 0.750. The molecule has 0 saturated heterocycles. The van der Waals surface area contributed by atoms with E-state index < -0.39 is 18.1 Å². The molecule has 9 nitrogen and oxygen atoms in total. The smallest absolute Gasteiger partial charge is 0.318 e. The number of rotatable bonds is 11. The van der Waals surface area contributed by atoms with E-state index in [1.165, 1.54) is 57.8 Å². The summed E-state index contributed by atoms with van der Waals surface area (Å²) < 4.78 is 0. The Labute approximate surface area is 161 Å². The molecule has 0 saturated carbocycles. The lowest BCUT2D eigenvalue weighted by molar-refractivity contribution is 0.248. The maximum Gasteiger partial charge on any atom is 0.318 e. The normalized spacial score (nSPS) is 9.42. The highest BCUT2D eigenvalue weighted by atomic mass is 32.1. The number of hydrogen-bond acceptors (Lipinski definition) is 4. The molecule has 152 valence electrons. The standard InChI is InChI=1S/C13H28N2O.C3H6N4O2S/c1-2-3-4-5-6-7-8-9-10-11-12-15-13(14)16;4-1(8)6-3(10)7-2(5)9/h2-12H2,1H3,(H3,14,15,16);(H6,4,5,6,7,8,9,10). The molecule has 0 aliphatic rings. The summed E-state index contributed by atoms with van der Waals surface area (Å²) in [5, 5.41) is 6.27. The number of hydrogen-bond donors (Lipinski definition) is 6. The molecule has 0 heterocycles. The molecule has 0 aromatic rings. The van der Waals surface area contributed by atoms with E-state index >= 15 is 0 Å². The van der Waals surface area contributed by atoms with Gasteiger partial charge in [0.05, 0.1) is 0 Å². The maximum atomic E-state index is 10.4. The Bertz CT molecular complexity index is 403. The van der Waals surface area contributed by atoms with Gasteiger partial charge in [-0.2, -0.15) is 0 Å². The average molecular weight is 391 g/mol. The molecule has 0 unspecified atom stereocenters. The first-order valence-electron chi connectivity index (χ1n) is 8.99. The van der Waals surface area contributed by atoms with Gasteiger partial charge in [0.2, 0.25) is 0 Å². The van der Waals surface area contributed by atoms with Crippen LogP contribution in [0.3, 0.4) is 0 Å². The summed E-state index contributed by atoms with van der Waals surface area (Å²) in [6.45, 7) is 2.98. The molecule has 0 aliphatic carbocycles. The van der Waals surface area contributed by atoms with Crippen LogP contribution in [0.2, 0.25) is 0 Å². The topological polar surface area (TPSA) is 165 Å². The number of nitrogens with one attached hydrogen (secondary N) is 3. The predicted octanol–water partition coefficient (Wildman–Crippen LogP) is 2.18. The Morgan fingerprint density at radius 2 is 1.08 bits per heavy atom. The average Bonchev–Trinajstić information content (AvgIpc) is 2.51. The van der Waals surface area contributed by atoms with E-state index in [0.29, 0.717) is 0 Å². The van der Waals surface area contributed by atoms with E-state index in [9.17, 15) is 14.4 Å². The number of amides is 6. The molecule has 0 fully saturated rings. The van der Waals surface area contributed by atoms with Gasteiger partial charge in [0, 0.05) is 6.54 Å². The Kier molecular flexibility index (Phi) is 19.3. The Hall–Kier alpha value is -2.10. The number of thiocarbonyl (C=S) groups is 1. The fourth-order valence-electron chi connectivity index (χ4n) is 2.08. The number of carbonyl (C=O) groups is 3. The number of unbranched alkanes of at least 4 members (excludes halogenated alkanes) is 9. The molecule has 6 amide bonds. The zero-order chi connectivity index (χ0) is 20.2. The highest BCUT2D eigenvalue weighted by molar-refractivity contribution is 7.80. The Morgan fingerprint density at radius 3 is 1.42 bits per heavy atom. The van der Waals surface area contributed by atoms with Gasteiger partial charge in [-0.1, -0.05) is 64.7 Å². The van der Waals surface area contributed by atoms with E-state index in [0.717, 1.165) is 13.0 Å². The second-order valence-corrected chi connectivity index (χ2v) is 6.19. The molecule has 9 N–H and O–H groups in total. The molecule has 0 rings (SSSR count). The van der Waals surface area contributed by atoms with Crippen LogP contribution in [0.5, 0.6) is 0 Å². The van der Waals surface area contributed by atoms with Crippen molar-refractivity contribution in [2.24, 2.45) is 17.2 Å². The van der Waals surface area contributed by atoms with Crippen molar-refractivity contribution < 1.29 is 14.4 Å². The molecule has 26 heavy (non-hydrogen) atoms. The van der Waals surface area contributed by atoms with Crippen molar-refractivity contribution in [1.82, 2.24) is 16.0 Å². The molecule has 0 atom stereocenters. The van der Waals surface area contributed by atoms with E-state index in [2.05, 4.69) is 35.9 Å². The minimum atomic E-state index is -0.848. The lowest BCUT2D eigenvalue weighted by Gasteiger charge is -2.02. The van der Waals surface area contributed by atoms with E-state index in [1.807, 2.05) is 10.6 Å². The van der Waals surface area contributed by atoms with Crippen molar-refractivity contribution in [3.8, 4) is 0 Å². The predicted molar refractivity (Wildman–Crippen MR) is 107 cm³/mol. The first-order chi connectivity index (χ1) is 12.3. The Balaban J connectivity index is 0. The van der Waals surface area contributed by atoms with Gasteiger partial charge >= 0.3 is 18.1 Å². The number of primary amides is 3. The van der Waals surface area contributed by atoms with E-state index in [1.54, 1.807) is 0 Å². The zero-order valence-corrected chi connectivity index (χ0v) is 16.5. The number of urea groups is 3. The highest BCUT2D eigenvalue weighted by Crippen LogP contribution is 2.10. The van der Waals surface area contributed by atoms with Crippen LogP contribution in [0, 0.1) is 0 Å². The molecule has 0 bridgehead atoms. The van der Waals surface area contributed by atoms with Gasteiger partial charge in [-0.05, 0) is 18.6 Å². The summed E-state index contributed by atoms with van der Waals surface area (Å²) >= 11 is 4.38. The van der Waals surface area contributed by atoms with Gasteiger partial charge < -0.3 is 22.5 Å². The molecule has 0 radical (unpaired) electrons. The minimum absolute atomic E-state index is 0.208. The van der Waals surface area contributed by atoms with Crippen LogP contribution in [0.15, 0.2) is 0 Å². The van der Waals surface area contributed by atoms with Crippen molar-refractivity contribution in [3.05, 3.63) is 0 Å². The minimum Gasteiger partial charge on any atom is -0.352 e. The van der Waals surface area contributed by atoms with Gasteiger partial charge in [0.15, 0.2) is 5.11 Å². The molecular formula is C16H34N6O3S. The second-order valence-electron chi connectivity index (χ2n) is 5.78. The highest BCUT2D eigenvalue weighted by Gasteiger charge is 1.99. The first kappa shape index (κ1) is 26.1. The van der Waals surface area contributed by atoms with Crippen molar-refractivity contribution in [1.29, 1.82) is 0 Å². The van der Waals surface area contributed by atoms with Crippen LogP contribution in [0.4, 0.5) is 14.4 Å². The molecule has 0 aliphatic heterocycles.